The van der Waals surface area contributed by atoms with Gasteiger partial charge >= 0.3 is 0 Å². The molecule has 0 spiro atoms. The van der Waals surface area contributed by atoms with E-state index in [2.05, 4.69) is 24.3 Å². The van der Waals surface area contributed by atoms with Crippen molar-refractivity contribution in [2.75, 3.05) is 13.1 Å². The van der Waals surface area contributed by atoms with Gasteiger partial charge in [0.15, 0.2) is 0 Å². The molecule has 1 saturated heterocycles. The van der Waals surface area contributed by atoms with Crippen molar-refractivity contribution in [2.45, 2.75) is 46.3 Å². The second-order valence-corrected chi connectivity index (χ2v) is 5.79. The predicted molar refractivity (Wildman–Crippen MR) is 75.4 cm³/mol. The maximum atomic E-state index is 12.3. The minimum Gasteiger partial charge on any atom is -0.338 e. The van der Waals surface area contributed by atoms with Gasteiger partial charge in [0.05, 0.1) is 16.4 Å². The zero-order valence-electron chi connectivity index (χ0n) is 11.9. The van der Waals surface area contributed by atoms with Crippen LogP contribution in [0.5, 0.6) is 0 Å². The summed E-state index contributed by atoms with van der Waals surface area (Å²) in [5.41, 5.74) is 1.62. The quantitative estimate of drug-likeness (QED) is 0.892. The molecule has 0 aliphatic carbocycles. The number of halogens is 1. The molecule has 0 radical (unpaired) electrons. The number of amides is 1. The van der Waals surface area contributed by atoms with Crippen LogP contribution in [0.2, 0.25) is 5.02 Å². The van der Waals surface area contributed by atoms with Gasteiger partial charge in [0, 0.05) is 25.2 Å². The van der Waals surface area contributed by atoms with E-state index in [0.29, 0.717) is 17.1 Å². The van der Waals surface area contributed by atoms with E-state index < -0.39 is 0 Å². The number of nitrogens with zero attached hydrogens (tertiary/aromatic N) is 3. The monoisotopic (exact) mass is 284 g/mol. The third kappa shape index (κ3) is 3.09. The first kappa shape index (κ1) is 14.3. The number of carbonyl (C=O) groups is 1. The van der Waals surface area contributed by atoms with E-state index in [1.54, 1.807) is 4.68 Å². The molecule has 6 heteroatoms. The molecule has 2 heterocycles. The molecule has 1 fully saturated rings. The lowest BCUT2D eigenvalue weighted by Crippen LogP contribution is -2.56. The van der Waals surface area contributed by atoms with Crippen molar-refractivity contribution in [3.05, 3.63) is 16.4 Å². The number of nitrogens with one attached hydrogen (secondary N) is 1. The summed E-state index contributed by atoms with van der Waals surface area (Å²) < 4.78 is 1.69. The number of aryl methyl sites for hydroxylation is 1. The Morgan fingerprint density at radius 1 is 1.37 bits per heavy atom. The highest BCUT2D eigenvalue weighted by Crippen LogP contribution is 2.19. The van der Waals surface area contributed by atoms with Crippen LogP contribution in [0.15, 0.2) is 0 Å². The van der Waals surface area contributed by atoms with Crippen LogP contribution >= 0.6 is 11.6 Å². The number of carbonyl (C=O) groups excluding carboxylic acids is 1. The lowest BCUT2D eigenvalue weighted by molar-refractivity contribution is -0.133. The Hall–Kier alpha value is -1.07. The van der Waals surface area contributed by atoms with Crippen LogP contribution in [0, 0.1) is 13.8 Å². The Kier molecular flexibility index (Phi) is 4.16. The number of hydrogen-bond acceptors (Lipinski definition) is 3. The topological polar surface area (TPSA) is 50.2 Å². The largest absolute Gasteiger partial charge is 0.338 e. The Balaban J connectivity index is 2.06. The molecule has 106 valence electrons. The molecule has 1 aliphatic heterocycles. The average molecular weight is 285 g/mol. The van der Waals surface area contributed by atoms with Gasteiger partial charge in [-0.25, -0.2) is 0 Å². The maximum Gasteiger partial charge on any atom is 0.244 e. The molecular weight excluding hydrogens is 264 g/mol. The summed E-state index contributed by atoms with van der Waals surface area (Å²) in [4.78, 5) is 14.2. The number of piperazine rings is 1. The molecule has 1 amide bonds. The number of hydrogen-bond donors (Lipinski definition) is 1. The van der Waals surface area contributed by atoms with Gasteiger partial charge in [-0.2, -0.15) is 5.10 Å². The van der Waals surface area contributed by atoms with E-state index in [1.165, 1.54) is 0 Å². The van der Waals surface area contributed by atoms with E-state index in [0.717, 1.165) is 24.5 Å². The summed E-state index contributed by atoms with van der Waals surface area (Å²) in [5, 5.41) is 8.37. The Morgan fingerprint density at radius 3 is 2.42 bits per heavy atom. The van der Waals surface area contributed by atoms with Crippen molar-refractivity contribution in [3.63, 3.8) is 0 Å². The van der Waals surface area contributed by atoms with Crippen LogP contribution in [-0.4, -0.2) is 45.8 Å². The van der Waals surface area contributed by atoms with Crippen molar-refractivity contribution in [2.24, 2.45) is 0 Å². The van der Waals surface area contributed by atoms with Gasteiger partial charge in [0.25, 0.3) is 0 Å². The summed E-state index contributed by atoms with van der Waals surface area (Å²) in [5.74, 6) is 0.0995. The molecule has 1 N–H and O–H groups in total. The minimum absolute atomic E-state index is 0.0995. The lowest BCUT2D eigenvalue weighted by Gasteiger charge is -2.36. The fraction of sp³-hybridized carbons (Fsp3) is 0.692. The molecule has 2 rings (SSSR count). The summed E-state index contributed by atoms with van der Waals surface area (Å²) in [7, 11) is 0. The fourth-order valence-corrected chi connectivity index (χ4v) is 2.72. The van der Waals surface area contributed by atoms with Crippen molar-refractivity contribution in [1.29, 1.82) is 0 Å². The van der Waals surface area contributed by atoms with Crippen LogP contribution in [0.3, 0.4) is 0 Å². The van der Waals surface area contributed by atoms with Gasteiger partial charge in [-0.3, -0.25) is 9.48 Å². The Bertz CT molecular complexity index is 475. The summed E-state index contributed by atoms with van der Waals surface area (Å²) >= 11 is 6.10. The highest BCUT2D eigenvalue weighted by atomic mass is 35.5. The Labute approximate surface area is 118 Å². The van der Waals surface area contributed by atoms with E-state index in [9.17, 15) is 4.79 Å². The van der Waals surface area contributed by atoms with Crippen molar-refractivity contribution < 1.29 is 4.79 Å². The third-order valence-electron chi connectivity index (χ3n) is 3.49. The highest BCUT2D eigenvalue weighted by Gasteiger charge is 2.25. The van der Waals surface area contributed by atoms with Gasteiger partial charge in [-0.05, 0) is 27.7 Å². The standard InChI is InChI=1S/C13H21ClN4O/c1-8-5-17(6-9(2)15-8)12(19)7-18-11(4)13(14)10(3)16-18/h8-9,15H,5-7H2,1-4H3/t8-,9-/m0/s1. The second kappa shape index (κ2) is 5.51. The highest BCUT2D eigenvalue weighted by molar-refractivity contribution is 6.31. The average Bonchev–Trinajstić information content (AvgIpc) is 2.56. The first-order valence-corrected chi connectivity index (χ1v) is 6.99. The Morgan fingerprint density at radius 2 is 1.95 bits per heavy atom. The molecule has 0 saturated carbocycles. The van der Waals surface area contributed by atoms with Gasteiger partial charge in [-0.15, -0.1) is 0 Å². The number of rotatable bonds is 2. The molecule has 5 nitrogen and oxygen atoms in total. The smallest absolute Gasteiger partial charge is 0.244 e. The van der Waals surface area contributed by atoms with Gasteiger partial charge < -0.3 is 10.2 Å². The van der Waals surface area contributed by atoms with Gasteiger partial charge in [0.1, 0.15) is 6.54 Å². The van der Waals surface area contributed by atoms with Gasteiger partial charge in [-0.1, -0.05) is 11.6 Å². The molecule has 0 aromatic carbocycles. The number of aromatic nitrogens is 2. The predicted octanol–water partition coefficient (Wildman–Crippen LogP) is 1.36. The third-order valence-corrected chi connectivity index (χ3v) is 4.04. The molecule has 0 unspecified atom stereocenters. The van der Waals surface area contributed by atoms with Crippen molar-refractivity contribution in [3.8, 4) is 0 Å². The van der Waals surface area contributed by atoms with Crippen molar-refractivity contribution in [1.82, 2.24) is 20.0 Å². The summed E-state index contributed by atoms with van der Waals surface area (Å²) in [6.45, 7) is 9.68. The normalized spacial score (nSPS) is 23.7. The van der Waals surface area contributed by atoms with E-state index >= 15 is 0 Å². The van der Waals surface area contributed by atoms with Crippen molar-refractivity contribution >= 4 is 17.5 Å². The summed E-state index contributed by atoms with van der Waals surface area (Å²) in [6.07, 6.45) is 0. The van der Waals surface area contributed by atoms with E-state index in [1.807, 2.05) is 18.7 Å². The molecule has 1 aromatic heterocycles. The minimum atomic E-state index is 0.0995. The van der Waals surface area contributed by atoms with Crippen LogP contribution < -0.4 is 5.32 Å². The second-order valence-electron chi connectivity index (χ2n) is 5.41. The molecule has 0 bridgehead atoms. The first-order valence-electron chi connectivity index (χ1n) is 6.61. The van der Waals surface area contributed by atoms with Gasteiger partial charge in [0.2, 0.25) is 5.91 Å². The zero-order chi connectivity index (χ0) is 14.2. The SMILES string of the molecule is Cc1nn(CC(=O)N2C[C@H](C)N[C@@H](C)C2)c(C)c1Cl. The molecular formula is C13H21ClN4O. The fourth-order valence-electron chi connectivity index (χ4n) is 2.59. The molecule has 19 heavy (non-hydrogen) atoms. The summed E-state index contributed by atoms with van der Waals surface area (Å²) in [6, 6.07) is 0.661. The van der Waals surface area contributed by atoms with E-state index in [-0.39, 0.29) is 12.5 Å². The first-order chi connectivity index (χ1) is 8.88. The molecule has 1 aromatic rings. The van der Waals surface area contributed by atoms with E-state index in [4.69, 9.17) is 11.6 Å². The van der Waals surface area contributed by atoms with Crippen LogP contribution in [0.25, 0.3) is 0 Å². The lowest BCUT2D eigenvalue weighted by atomic mass is 10.1. The molecule has 1 aliphatic rings. The maximum absolute atomic E-state index is 12.3. The van der Waals surface area contributed by atoms with Crippen LogP contribution in [0.4, 0.5) is 0 Å². The molecule has 2 atom stereocenters. The van der Waals surface area contributed by atoms with Crippen LogP contribution in [-0.2, 0) is 11.3 Å². The van der Waals surface area contributed by atoms with Crippen LogP contribution in [0.1, 0.15) is 25.2 Å². The zero-order valence-corrected chi connectivity index (χ0v) is 12.7.